The third-order valence-corrected chi connectivity index (χ3v) is 14.2. The van der Waals surface area contributed by atoms with E-state index in [2.05, 4.69) is 0 Å². The second-order valence-electron chi connectivity index (χ2n) is 15.9. The number of nitrogens with two attached hydrogens (primary N) is 2. The molecule has 372 valence electrons. The van der Waals surface area contributed by atoms with Crippen molar-refractivity contribution in [3.8, 4) is 0 Å². The standard InChI is InChI=1S/2C20H28N3O8PS.ClH/c2*1-15(2)13-22(33(29,30)18-10-8-17(9-11-18)23(24)25)14-20(31-32(26,27)28)19(21)12-16-6-4-3-5-7-16;/h2*3-11,15,19-20H,12-14,21H2,1-2H3,(H2,26,27,28);1H/t2*19-,20+;/m00./s1. The lowest BCUT2D eigenvalue weighted by Crippen LogP contribution is -2.48. The first-order chi connectivity index (χ1) is 30.6. The number of hydrogen-bond acceptors (Lipinski definition) is 14. The molecule has 4 atom stereocenters. The number of nitrogens with zero attached hydrogens (tertiary/aromatic N) is 4. The van der Waals surface area contributed by atoms with Gasteiger partial charge in [0, 0.05) is 62.5 Å². The second kappa shape index (κ2) is 26.1. The molecule has 4 rings (SSSR count). The van der Waals surface area contributed by atoms with Gasteiger partial charge in [-0.2, -0.15) is 8.61 Å². The lowest BCUT2D eigenvalue weighted by molar-refractivity contribution is -0.385. The van der Waals surface area contributed by atoms with E-state index in [4.69, 9.17) is 20.5 Å². The summed E-state index contributed by atoms with van der Waals surface area (Å²) in [6, 6.07) is 24.8. The van der Waals surface area contributed by atoms with Crippen molar-refractivity contribution < 1.29 is 64.4 Å². The van der Waals surface area contributed by atoms with Crippen LogP contribution in [0.2, 0.25) is 0 Å². The number of phosphoric ester groups is 2. The van der Waals surface area contributed by atoms with Crippen LogP contribution in [0.15, 0.2) is 119 Å². The van der Waals surface area contributed by atoms with Gasteiger partial charge >= 0.3 is 15.6 Å². The zero-order chi connectivity index (χ0) is 49.6. The Hall–Kier alpha value is -4.07. The van der Waals surface area contributed by atoms with E-state index >= 15 is 0 Å². The molecule has 0 saturated carbocycles. The number of non-ortho nitro benzene ring substituents is 2. The predicted molar refractivity (Wildman–Crippen MR) is 251 cm³/mol. The molecule has 8 N–H and O–H groups in total. The van der Waals surface area contributed by atoms with Crippen LogP contribution in [-0.4, -0.2) is 105 Å². The summed E-state index contributed by atoms with van der Waals surface area (Å²) in [5.41, 5.74) is 13.5. The molecule has 0 bridgehead atoms. The maximum Gasteiger partial charge on any atom is 0.469 e. The van der Waals surface area contributed by atoms with Gasteiger partial charge in [0.15, 0.2) is 0 Å². The average molecular weight is 1040 g/mol. The van der Waals surface area contributed by atoms with E-state index in [-0.39, 0.29) is 71.3 Å². The van der Waals surface area contributed by atoms with Crippen LogP contribution in [-0.2, 0) is 51.1 Å². The van der Waals surface area contributed by atoms with Crippen molar-refractivity contribution in [2.45, 2.75) is 74.6 Å². The highest BCUT2D eigenvalue weighted by molar-refractivity contribution is 7.89. The average Bonchev–Trinajstić information content (AvgIpc) is 3.22. The van der Waals surface area contributed by atoms with E-state index in [0.717, 1.165) is 68.3 Å². The van der Waals surface area contributed by atoms with E-state index in [9.17, 15) is 65.8 Å². The van der Waals surface area contributed by atoms with Crippen LogP contribution in [0.4, 0.5) is 11.4 Å². The number of nitro benzene ring substituents is 2. The van der Waals surface area contributed by atoms with Crippen LogP contribution in [0.1, 0.15) is 38.8 Å². The van der Waals surface area contributed by atoms with Crippen molar-refractivity contribution >= 4 is 59.5 Å². The van der Waals surface area contributed by atoms with Crippen LogP contribution in [0.3, 0.4) is 0 Å². The van der Waals surface area contributed by atoms with E-state index in [1.54, 1.807) is 88.4 Å². The molecule has 0 radical (unpaired) electrons. The third kappa shape index (κ3) is 19.8. The maximum atomic E-state index is 13.3. The highest BCUT2D eigenvalue weighted by atomic mass is 35.5. The number of sulfonamides is 2. The molecule has 0 fully saturated rings. The van der Waals surface area contributed by atoms with Crippen molar-refractivity contribution in [1.82, 2.24) is 8.61 Å². The Morgan fingerprint density at radius 1 is 0.552 bits per heavy atom. The Morgan fingerprint density at radius 2 is 0.836 bits per heavy atom. The van der Waals surface area contributed by atoms with Gasteiger partial charge in [-0.25, -0.2) is 26.0 Å². The van der Waals surface area contributed by atoms with Crippen molar-refractivity contribution in [2.24, 2.45) is 23.3 Å². The Kier molecular flexibility index (Phi) is 23.0. The van der Waals surface area contributed by atoms with Gasteiger partial charge in [-0.1, -0.05) is 88.4 Å². The molecule has 0 aliphatic heterocycles. The summed E-state index contributed by atoms with van der Waals surface area (Å²) >= 11 is 0. The topological polar surface area (TPSA) is 347 Å². The van der Waals surface area contributed by atoms with E-state index in [1.807, 2.05) is 0 Å². The van der Waals surface area contributed by atoms with E-state index < -0.39 is 82.9 Å². The molecule has 0 unspecified atom stereocenters. The van der Waals surface area contributed by atoms with Gasteiger partial charge in [-0.05, 0) is 60.1 Å². The fourth-order valence-corrected chi connectivity index (χ4v) is 10.8. The van der Waals surface area contributed by atoms with Crippen LogP contribution in [0.5, 0.6) is 0 Å². The number of nitro groups is 2. The summed E-state index contributed by atoms with van der Waals surface area (Å²) in [7, 11) is -18.3. The summed E-state index contributed by atoms with van der Waals surface area (Å²) < 4.78 is 88.3. The molecule has 0 saturated heterocycles. The van der Waals surface area contributed by atoms with E-state index in [0.29, 0.717) is 0 Å². The summed E-state index contributed by atoms with van der Waals surface area (Å²) in [6.07, 6.45) is -2.26. The van der Waals surface area contributed by atoms with Crippen molar-refractivity contribution in [2.75, 3.05) is 26.2 Å². The van der Waals surface area contributed by atoms with E-state index in [1.165, 1.54) is 0 Å². The number of halogens is 1. The molecule has 22 nitrogen and oxygen atoms in total. The zero-order valence-corrected chi connectivity index (χ0v) is 41.1. The van der Waals surface area contributed by atoms with Gasteiger partial charge in [0.1, 0.15) is 0 Å². The van der Waals surface area contributed by atoms with Gasteiger partial charge in [0.25, 0.3) is 11.4 Å². The minimum Gasteiger partial charge on any atom is -0.325 e. The SMILES string of the molecule is CC(C)CN(C[C@@H](OP(=O)(O)O)[C@@H](N)Cc1ccccc1)S(=O)(=O)c1ccc([N+](=O)[O-])cc1.CC(C)CN(C[C@@H](OP(=O)(O)O)[C@@H](N)Cc1ccccc1)S(=O)(=O)c1ccc([N+](=O)[O-])cc1.Cl. The molecule has 0 amide bonds. The smallest absolute Gasteiger partial charge is 0.325 e. The normalized spacial score (nSPS) is 14.2. The van der Waals surface area contributed by atoms with Gasteiger partial charge < -0.3 is 31.0 Å². The van der Waals surface area contributed by atoms with Crippen LogP contribution < -0.4 is 11.5 Å². The number of benzene rings is 4. The Bertz CT molecular complexity index is 2330. The summed E-state index contributed by atoms with van der Waals surface area (Å²) in [5.74, 6) is -0.280. The fourth-order valence-electron chi connectivity index (χ4n) is 6.42. The Labute approximate surface area is 395 Å². The predicted octanol–water partition coefficient (Wildman–Crippen LogP) is 5.00. The largest absolute Gasteiger partial charge is 0.469 e. The summed E-state index contributed by atoms with van der Waals surface area (Å²) in [4.78, 5) is 57.7. The Morgan fingerprint density at radius 3 is 1.07 bits per heavy atom. The number of rotatable bonds is 24. The molecule has 27 heteroatoms. The summed E-state index contributed by atoms with van der Waals surface area (Å²) in [6.45, 7) is 6.30. The van der Waals surface area contributed by atoms with Crippen LogP contribution in [0, 0.1) is 32.1 Å². The molecule has 0 aliphatic carbocycles. The minimum atomic E-state index is -4.99. The molecule has 0 aromatic heterocycles. The monoisotopic (exact) mass is 1040 g/mol. The van der Waals surface area contributed by atoms with Crippen LogP contribution >= 0.6 is 28.1 Å². The lowest BCUT2D eigenvalue weighted by Gasteiger charge is -2.31. The highest BCUT2D eigenvalue weighted by Gasteiger charge is 2.36. The first kappa shape index (κ1) is 59.1. The van der Waals surface area contributed by atoms with Gasteiger partial charge in [0.2, 0.25) is 20.0 Å². The second-order valence-corrected chi connectivity index (χ2v) is 22.2. The van der Waals surface area contributed by atoms with Crippen LogP contribution in [0.25, 0.3) is 0 Å². The molecule has 0 heterocycles. The minimum absolute atomic E-state index is 0. The molecule has 0 aliphatic rings. The number of hydrogen-bond donors (Lipinski definition) is 6. The molecule has 4 aromatic rings. The summed E-state index contributed by atoms with van der Waals surface area (Å²) in [5, 5.41) is 21.8. The molecule has 67 heavy (non-hydrogen) atoms. The molecule has 0 spiro atoms. The van der Waals surface area contributed by atoms with Crippen molar-refractivity contribution in [3.63, 3.8) is 0 Å². The first-order valence-electron chi connectivity index (χ1n) is 20.1. The zero-order valence-electron chi connectivity index (χ0n) is 36.8. The molecular weight excluding hydrogens is 982 g/mol. The van der Waals surface area contributed by atoms with Crippen molar-refractivity contribution in [1.29, 1.82) is 0 Å². The fraction of sp³-hybridized carbons (Fsp3) is 0.400. The third-order valence-electron chi connectivity index (χ3n) is 9.40. The highest BCUT2D eigenvalue weighted by Crippen LogP contribution is 2.40. The molecule has 4 aromatic carbocycles. The quantitative estimate of drug-likeness (QED) is 0.0305. The first-order valence-corrected chi connectivity index (χ1v) is 26.1. The van der Waals surface area contributed by atoms with Gasteiger partial charge in [0.05, 0.1) is 31.8 Å². The Balaban J connectivity index is 0.000000453. The maximum absolute atomic E-state index is 13.3. The van der Waals surface area contributed by atoms with Gasteiger partial charge in [-0.3, -0.25) is 29.3 Å². The van der Waals surface area contributed by atoms with Crippen molar-refractivity contribution in [3.05, 3.63) is 141 Å². The number of phosphoric acid groups is 2. The lowest BCUT2D eigenvalue weighted by atomic mass is 10.0. The van der Waals surface area contributed by atoms with Gasteiger partial charge in [-0.15, -0.1) is 12.4 Å². The molecular formula is C40H57ClN6O16P2S2.